The lowest BCUT2D eigenvalue weighted by atomic mass is 9.84. The summed E-state index contributed by atoms with van der Waals surface area (Å²) in [4.78, 5) is 4.80. The van der Waals surface area contributed by atoms with Crippen LogP contribution in [-0.4, -0.2) is 30.3 Å². The highest BCUT2D eigenvalue weighted by molar-refractivity contribution is 5.12. The monoisotopic (exact) mass is 293 g/mol. The quantitative estimate of drug-likeness (QED) is 0.865. The first-order valence-corrected chi connectivity index (χ1v) is 8.35. The molecule has 1 saturated heterocycles. The van der Waals surface area contributed by atoms with Crippen molar-refractivity contribution in [3.8, 4) is 0 Å². The van der Waals surface area contributed by atoms with E-state index in [1.807, 2.05) is 0 Å². The predicted octanol–water partition coefficient (Wildman–Crippen LogP) is 2.91. The van der Waals surface area contributed by atoms with Crippen molar-refractivity contribution >= 4 is 0 Å². The molecule has 1 aromatic rings. The third kappa shape index (κ3) is 2.61. The first-order chi connectivity index (χ1) is 10.2. The van der Waals surface area contributed by atoms with Gasteiger partial charge in [0.25, 0.3) is 0 Å². The Kier molecular flexibility index (Phi) is 4.31. The van der Waals surface area contributed by atoms with E-state index < -0.39 is 0 Å². The number of aromatic nitrogens is 2. The van der Waals surface area contributed by atoms with Crippen molar-refractivity contribution in [2.75, 3.05) is 20.2 Å². The van der Waals surface area contributed by atoms with Crippen LogP contribution >= 0.6 is 0 Å². The van der Waals surface area contributed by atoms with E-state index in [2.05, 4.69) is 17.4 Å². The molecule has 3 rings (SSSR count). The van der Waals surface area contributed by atoms with Gasteiger partial charge in [-0.3, -0.25) is 0 Å². The highest BCUT2D eigenvalue weighted by Crippen LogP contribution is 2.39. The van der Waals surface area contributed by atoms with Crippen molar-refractivity contribution in [2.45, 2.75) is 69.3 Å². The summed E-state index contributed by atoms with van der Waals surface area (Å²) in [5.74, 6) is 1.56. The zero-order valence-corrected chi connectivity index (χ0v) is 13.3. The highest BCUT2D eigenvalue weighted by Gasteiger charge is 2.43. The third-order valence-corrected chi connectivity index (χ3v) is 5.51. The van der Waals surface area contributed by atoms with Crippen molar-refractivity contribution in [3.05, 3.63) is 11.7 Å². The number of ether oxygens (including phenoxy) is 1. The van der Waals surface area contributed by atoms with Gasteiger partial charge in [0.2, 0.25) is 11.7 Å². The topological polar surface area (TPSA) is 60.2 Å². The highest BCUT2D eigenvalue weighted by atomic mass is 16.5. The summed E-state index contributed by atoms with van der Waals surface area (Å²) >= 11 is 0. The van der Waals surface area contributed by atoms with Gasteiger partial charge >= 0.3 is 0 Å². The number of nitrogens with zero attached hydrogens (tertiary/aromatic N) is 2. The van der Waals surface area contributed by atoms with E-state index in [4.69, 9.17) is 14.2 Å². The average molecular weight is 293 g/mol. The van der Waals surface area contributed by atoms with Gasteiger partial charge < -0.3 is 14.6 Å². The van der Waals surface area contributed by atoms with Crippen LogP contribution in [0.1, 0.15) is 70.0 Å². The Morgan fingerprint density at radius 1 is 1.19 bits per heavy atom. The molecule has 1 aliphatic carbocycles. The maximum absolute atomic E-state index is 5.89. The summed E-state index contributed by atoms with van der Waals surface area (Å²) in [6, 6.07) is 0. The molecule has 1 unspecified atom stereocenters. The molecule has 2 fully saturated rings. The van der Waals surface area contributed by atoms with Crippen LogP contribution in [-0.2, 0) is 15.8 Å². The molecule has 118 valence electrons. The summed E-state index contributed by atoms with van der Waals surface area (Å²) in [7, 11) is 1.79. The molecule has 1 saturated carbocycles. The van der Waals surface area contributed by atoms with Crippen LogP contribution in [0.4, 0.5) is 0 Å². The summed E-state index contributed by atoms with van der Waals surface area (Å²) in [5.41, 5.74) is -0.315. The van der Waals surface area contributed by atoms with Crippen LogP contribution in [0.3, 0.4) is 0 Å². The fourth-order valence-electron chi connectivity index (χ4n) is 3.82. The second kappa shape index (κ2) is 6.05. The van der Waals surface area contributed by atoms with Crippen molar-refractivity contribution in [3.63, 3.8) is 0 Å². The van der Waals surface area contributed by atoms with Gasteiger partial charge in [-0.2, -0.15) is 4.98 Å². The van der Waals surface area contributed by atoms with Gasteiger partial charge in [-0.15, -0.1) is 0 Å². The summed E-state index contributed by atoms with van der Waals surface area (Å²) in [6.45, 7) is 4.17. The van der Waals surface area contributed by atoms with Crippen molar-refractivity contribution in [2.24, 2.45) is 0 Å². The average Bonchev–Trinajstić information content (AvgIpc) is 3.13. The van der Waals surface area contributed by atoms with Crippen LogP contribution in [0.25, 0.3) is 0 Å². The van der Waals surface area contributed by atoms with E-state index in [1.54, 1.807) is 7.11 Å². The molecule has 0 bridgehead atoms. The number of hydrogen-bond acceptors (Lipinski definition) is 5. The number of rotatable bonds is 4. The van der Waals surface area contributed by atoms with Crippen molar-refractivity contribution in [1.82, 2.24) is 15.5 Å². The van der Waals surface area contributed by atoms with E-state index in [0.717, 1.165) is 50.5 Å². The zero-order valence-electron chi connectivity index (χ0n) is 13.3. The molecule has 2 heterocycles. The van der Waals surface area contributed by atoms with Gasteiger partial charge in [0, 0.05) is 13.7 Å². The summed E-state index contributed by atoms with van der Waals surface area (Å²) < 4.78 is 11.6. The molecular formula is C16H27N3O2. The van der Waals surface area contributed by atoms with Crippen LogP contribution in [0.2, 0.25) is 0 Å². The Morgan fingerprint density at radius 2 is 1.95 bits per heavy atom. The maximum Gasteiger partial charge on any atom is 0.234 e. The zero-order chi connectivity index (χ0) is 14.8. The first-order valence-electron chi connectivity index (χ1n) is 8.35. The standard InChI is InChI=1S/C16H27N3O2/c1-3-15(10-11-17-12-15)14-18-13(19-21-14)16(20-2)8-6-4-5-7-9-16/h17H,3-12H2,1-2H3. The Hall–Kier alpha value is -0.940. The molecule has 0 radical (unpaired) electrons. The van der Waals surface area contributed by atoms with Gasteiger partial charge in [0.05, 0.1) is 5.41 Å². The van der Waals surface area contributed by atoms with Crippen molar-refractivity contribution < 1.29 is 9.26 Å². The predicted molar refractivity (Wildman–Crippen MR) is 80.1 cm³/mol. The molecule has 5 heteroatoms. The molecule has 1 aromatic heterocycles. The SMILES string of the molecule is CCC1(c2nc(C3(OC)CCCCCC3)no2)CCNC1. The molecule has 0 amide bonds. The minimum atomic E-state index is -0.334. The van der Waals surface area contributed by atoms with Crippen LogP contribution in [0.5, 0.6) is 0 Å². The normalized spacial score (nSPS) is 29.4. The molecular weight excluding hydrogens is 266 g/mol. The van der Waals surface area contributed by atoms with Crippen LogP contribution in [0.15, 0.2) is 4.52 Å². The minimum absolute atomic E-state index is 0.0188. The van der Waals surface area contributed by atoms with Gasteiger partial charge in [0.1, 0.15) is 5.60 Å². The lowest BCUT2D eigenvalue weighted by Gasteiger charge is -2.27. The fraction of sp³-hybridized carbons (Fsp3) is 0.875. The van der Waals surface area contributed by atoms with E-state index in [9.17, 15) is 0 Å². The molecule has 1 atom stereocenters. The lowest BCUT2D eigenvalue weighted by Crippen LogP contribution is -2.31. The molecule has 21 heavy (non-hydrogen) atoms. The van der Waals surface area contributed by atoms with Crippen LogP contribution in [0, 0.1) is 0 Å². The number of hydrogen-bond donors (Lipinski definition) is 1. The van der Waals surface area contributed by atoms with E-state index in [-0.39, 0.29) is 11.0 Å². The molecule has 5 nitrogen and oxygen atoms in total. The summed E-state index contributed by atoms with van der Waals surface area (Å²) in [5, 5.41) is 7.75. The van der Waals surface area contributed by atoms with E-state index in [0.29, 0.717) is 0 Å². The molecule has 1 aliphatic heterocycles. The Bertz CT molecular complexity index is 458. The summed E-state index contributed by atoms with van der Waals surface area (Å²) in [6.07, 6.45) is 9.01. The number of methoxy groups -OCH3 is 1. The lowest BCUT2D eigenvalue weighted by molar-refractivity contribution is -0.0365. The number of nitrogens with one attached hydrogen (secondary N) is 1. The maximum atomic E-state index is 5.89. The second-order valence-electron chi connectivity index (χ2n) is 6.60. The second-order valence-corrected chi connectivity index (χ2v) is 6.60. The molecule has 1 N–H and O–H groups in total. The Morgan fingerprint density at radius 3 is 2.52 bits per heavy atom. The largest absolute Gasteiger partial charge is 0.370 e. The van der Waals surface area contributed by atoms with Crippen LogP contribution < -0.4 is 5.32 Å². The third-order valence-electron chi connectivity index (χ3n) is 5.51. The fourth-order valence-corrected chi connectivity index (χ4v) is 3.82. The van der Waals surface area contributed by atoms with Gasteiger partial charge in [-0.05, 0) is 32.2 Å². The Balaban J connectivity index is 1.89. The van der Waals surface area contributed by atoms with Gasteiger partial charge in [0.15, 0.2) is 0 Å². The molecule has 0 spiro atoms. The minimum Gasteiger partial charge on any atom is -0.370 e. The molecule has 0 aromatic carbocycles. The van der Waals surface area contributed by atoms with Gasteiger partial charge in [-0.1, -0.05) is 37.8 Å². The Labute approximate surface area is 126 Å². The van der Waals surface area contributed by atoms with Crippen molar-refractivity contribution in [1.29, 1.82) is 0 Å². The molecule has 2 aliphatic rings. The van der Waals surface area contributed by atoms with E-state index in [1.165, 1.54) is 25.7 Å². The smallest absolute Gasteiger partial charge is 0.234 e. The van der Waals surface area contributed by atoms with E-state index >= 15 is 0 Å². The first kappa shape index (κ1) is 15.0. The van der Waals surface area contributed by atoms with Gasteiger partial charge in [-0.25, -0.2) is 0 Å².